The number of rotatable bonds is 8. The molecule has 0 radical (unpaired) electrons. The van der Waals surface area contributed by atoms with Crippen molar-refractivity contribution in [2.45, 2.75) is 27.7 Å². The molecule has 34 heavy (non-hydrogen) atoms. The number of fused-ring (bicyclic) bond motifs is 1. The number of nitrogens with one attached hydrogen (secondary N) is 3. The Balaban J connectivity index is 1.58. The average molecular weight is 489 g/mol. The zero-order valence-corrected chi connectivity index (χ0v) is 19.9. The molecule has 0 saturated carbocycles. The minimum Gasteiger partial charge on any atom is -0.490 e. The van der Waals surface area contributed by atoms with Crippen molar-refractivity contribution in [2.75, 3.05) is 25.1 Å². The van der Waals surface area contributed by atoms with E-state index in [1.165, 1.54) is 0 Å². The monoisotopic (exact) mass is 488 g/mol. The number of amides is 3. The van der Waals surface area contributed by atoms with E-state index in [9.17, 15) is 19.2 Å². The number of H-pyrrole nitrogens is 1. The summed E-state index contributed by atoms with van der Waals surface area (Å²) in [5.41, 5.74) is 0.437. The molecule has 0 unspecified atom stereocenters. The lowest BCUT2D eigenvalue weighted by molar-refractivity contribution is -0.123. The minimum absolute atomic E-state index is 0.161. The molecule has 3 N–H and O–H groups in total. The average Bonchev–Trinajstić information content (AvgIpc) is 3.10. The molecule has 0 fully saturated rings. The number of aryl methyl sites for hydroxylation is 2. The fourth-order valence-electron chi connectivity index (χ4n) is 3.10. The summed E-state index contributed by atoms with van der Waals surface area (Å²) >= 11 is 0.999. The molecule has 3 rings (SSSR count). The van der Waals surface area contributed by atoms with Gasteiger partial charge < -0.3 is 24.5 Å². The summed E-state index contributed by atoms with van der Waals surface area (Å²) < 4.78 is 16.0. The molecule has 0 saturated heterocycles. The number of nitrogens with zero attached hydrogens (tertiary/aromatic N) is 1. The van der Waals surface area contributed by atoms with Gasteiger partial charge in [0.25, 0.3) is 11.5 Å². The first kappa shape index (κ1) is 24.7. The van der Waals surface area contributed by atoms with Gasteiger partial charge in [0.05, 0.1) is 18.6 Å². The number of aromatic nitrogens is 2. The number of carbonyl (C=O) groups is 3. The highest BCUT2D eigenvalue weighted by Crippen LogP contribution is 2.30. The van der Waals surface area contributed by atoms with Crippen LogP contribution in [-0.4, -0.2) is 47.7 Å². The summed E-state index contributed by atoms with van der Waals surface area (Å²) in [7, 11) is 0. The molecule has 0 aliphatic carbocycles. The second kappa shape index (κ2) is 10.8. The van der Waals surface area contributed by atoms with Crippen molar-refractivity contribution in [2.24, 2.45) is 0 Å². The molecule has 3 amide bonds. The lowest BCUT2D eigenvalue weighted by Crippen LogP contribution is -2.37. The number of ether oxygens (including phenoxy) is 3. The molecular weight excluding hydrogens is 464 g/mol. The molecule has 180 valence electrons. The largest absolute Gasteiger partial charge is 0.490 e. The van der Waals surface area contributed by atoms with Crippen molar-refractivity contribution in [3.05, 3.63) is 44.8 Å². The highest BCUT2D eigenvalue weighted by atomic mass is 32.1. The first-order valence-corrected chi connectivity index (χ1v) is 11.2. The first-order chi connectivity index (χ1) is 16.2. The maximum absolute atomic E-state index is 12.4. The van der Waals surface area contributed by atoms with Crippen molar-refractivity contribution in [1.29, 1.82) is 0 Å². The van der Waals surface area contributed by atoms with Crippen molar-refractivity contribution in [3.8, 4) is 11.5 Å². The van der Waals surface area contributed by atoms with E-state index >= 15 is 0 Å². The van der Waals surface area contributed by atoms with Crippen molar-refractivity contribution in [1.82, 2.24) is 15.3 Å². The van der Waals surface area contributed by atoms with Gasteiger partial charge in [-0.1, -0.05) is 0 Å². The number of imide groups is 1. The van der Waals surface area contributed by atoms with Crippen LogP contribution in [0.4, 0.5) is 10.5 Å². The summed E-state index contributed by atoms with van der Waals surface area (Å²) in [6.45, 7) is 7.07. The Kier molecular flexibility index (Phi) is 7.84. The maximum Gasteiger partial charge on any atom is 0.349 e. The molecule has 3 aromatic rings. The van der Waals surface area contributed by atoms with Crippen LogP contribution in [0.15, 0.2) is 23.0 Å². The molecule has 0 atom stereocenters. The second-order valence-corrected chi connectivity index (χ2v) is 7.99. The van der Waals surface area contributed by atoms with Crippen molar-refractivity contribution < 1.29 is 28.6 Å². The van der Waals surface area contributed by atoms with Crippen LogP contribution < -0.4 is 25.7 Å². The lowest BCUT2D eigenvalue weighted by Gasteiger charge is -2.13. The number of aromatic amines is 1. The minimum atomic E-state index is -0.826. The summed E-state index contributed by atoms with van der Waals surface area (Å²) in [4.78, 5) is 56.2. The van der Waals surface area contributed by atoms with Crippen LogP contribution in [0.2, 0.25) is 0 Å². The smallest absolute Gasteiger partial charge is 0.349 e. The van der Waals surface area contributed by atoms with Gasteiger partial charge in [-0.25, -0.2) is 14.6 Å². The Morgan fingerprint density at radius 3 is 2.50 bits per heavy atom. The zero-order chi connectivity index (χ0) is 24.8. The van der Waals surface area contributed by atoms with Crippen LogP contribution in [0, 0.1) is 13.8 Å². The molecule has 0 bridgehead atoms. The predicted molar refractivity (Wildman–Crippen MR) is 126 cm³/mol. The molecule has 0 aliphatic rings. The van der Waals surface area contributed by atoms with Crippen LogP contribution in [0.5, 0.6) is 11.5 Å². The molecule has 11 nitrogen and oxygen atoms in total. The molecule has 0 aliphatic heterocycles. The van der Waals surface area contributed by atoms with Crippen LogP contribution in [0.25, 0.3) is 10.2 Å². The summed E-state index contributed by atoms with van der Waals surface area (Å²) in [5, 5.41) is 4.89. The topological polar surface area (TPSA) is 149 Å². The fourth-order valence-corrected chi connectivity index (χ4v) is 4.22. The van der Waals surface area contributed by atoms with Gasteiger partial charge in [-0.15, -0.1) is 11.3 Å². The van der Waals surface area contributed by atoms with E-state index in [-0.39, 0.29) is 10.4 Å². The van der Waals surface area contributed by atoms with Gasteiger partial charge in [0.2, 0.25) is 0 Å². The molecule has 1 aromatic carbocycles. The van der Waals surface area contributed by atoms with Gasteiger partial charge in [0, 0.05) is 11.8 Å². The Bertz CT molecular complexity index is 1300. The number of thiophene rings is 1. The number of hydrogen-bond acceptors (Lipinski definition) is 9. The Morgan fingerprint density at radius 2 is 1.79 bits per heavy atom. The molecule has 0 spiro atoms. The summed E-state index contributed by atoms with van der Waals surface area (Å²) in [6, 6.07) is 4.00. The van der Waals surface area contributed by atoms with Gasteiger partial charge >= 0.3 is 12.0 Å². The third-order valence-electron chi connectivity index (χ3n) is 4.49. The summed E-state index contributed by atoms with van der Waals surface area (Å²) in [6.07, 6.45) is 0. The van der Waals surface area contributed by atoms with E-state index in [0.717, 1.165) is 11.3 Å². The SMILES string of the molecule is CCOc1ccc(NC(=O)NC(=O)COC(=O)c2sc3nc(C)[nH]c(=O)c3c2C)cc1OCC. The lowest BCUT2D eigenvalue weighted by atomic mass is 10.2. The van der Waals surface area contributed by atoms with Crippen molar-refractivity contribution >= 4 is 45.1 Å². The first-order valence-electron chi connectivity index (χ1n) is 10.4. The van der Waals surface area contributed by atoms with E-state index in [1.54, 1.807) is 32.0 Å². The normalized spacial score (nSPS) is 10.6. The van der Waals surface area contributed by atoms with Gasteiger partial charge in [-0.3, -0.25) is 14.9 Å². The number of benzene rings is 1. The summed E-state index contributed by atoms with van der Waals surface area (Å²) in [5.74, 6) is -0.217. The third-order valence-corrected chi connectivity index (χ3v) is 5.66. The highest BCUT2D eigenvalue weighted by molar-refractivity contribution is 7.20. The quantitative estimate of drug-likeness (QED) is 0.410. The van der Waals surface area contributed by atoms with Gasteiger partial charge in [0.1, 0.15) is 15.5 Å². The Morgan fingerprint density at radius 1 is 1.09 bits per heavy atom. The van der Waals surface area contributed by atoms with Gasteiger partial charge in [-0.2, -0.15) is 0 Å². The maximum atomic E-state index is 12.4. The second-order valence-electron chi connectivity index (χ2n) is 6.99. The fraction of sp³-hybridized carbons (Fsp3) is 0.318. The molecule has 2 heterocycles. The van der Waals surface area contributed by atoms with Gasteiger partial charge in [-0.05, 0) is 45.4 Å². The van der Waals surface area contributed by atoms with Crippen LogP contribution >= 0.6 is 11.3 Å². The Hall–Kier alpha value is -3.93. The molecular formula is C22H24N4O7S. The van der Waals surface area contributed by atoms with E-state index in [2.05, 4.69) is 20.6 Å². The highest BCUT2D eigenvalue weighted by Gasteiger charge is 2.21. The van der Waals surface area contributed by atoms with Crippen LogP contribution in [0.1, 0.15) is 34.9 Å². The standard InChI is InChI=1S/C22H24N4O7S/c1-5-31-14-8-7-13(9-15(14)32-6-2)25-22(30)26-16(27)10-33-21(29)18-11(3)17-19(28)23-12(4)24-20(17)34-18/h7-9H,5-6,10H2,1-4H3,(H,23,24,28)(H2,25,26,27,30). The third kappa shape index (κ3) is 5.70. The number of carbonyl (C=O) groups excluding carboxylic acids is 3. The number of anilines is 1. The molecule has 12 heteroatoms. The van der Waals surface area contributed by atoms with Crippen LogP contribution in [0.3, 0.4) is 0 Å². The number of esters is 1. The molecule has 2 aromatic heterocycles. The van der Waals surface area contributed by atoms with Crippen LogP contribution in [-0.2, 0) is 9.53 Å². The number of urea groups is 1. The van der Waals surface area contributed by atoms with E-state index in [1.807, 2.05) is 13.8 Å². The predicted octanol–water partition coefficient (Wildman–Crippen LogP) is 2.90. The van der Waals surface area contributed by atoms with Gasteiger partial charge in [0.15, 0.2) is 18.1 Å². The van der Waals surface area contributed by atoms with E-state index in [4.69, 9.17) is 14.2 Å². The number of hydrogen-bond donors (Lipinski definition) is 3. The van der Waals surface area contributed by atoms with E-state index in [0.29, 0.717) is 52.0 Å². The zero-order valence-electron chi connectivity index (χ0n) is 19.1. The van der Waals surface area contributed by atoms with Crippen molar-refractivity contribution in [3.63, 3.8) is 0 Å². The Labute approximate surface area is 198 Å². The van der Waals surface area contributed by atoms with E-state index < -0.39 is 24.5 Å².